The number of carbonyl (C=O) groups excluding carboxylic acids is 2. The van der Waals surface area contributed by atoms with Crippen molar-refractivity contribution in [1.29, 1.82) is 0 Å². The highest BCUT2D eigenvalue weighted by molar-refractivity contribution is 6.31. The fourth-order valence-electron chi connectivity index (χ4n) is 6.88. The Morgan fingerprint density at radius 2 is 1.85 bits per heavy atom. The number of allylic oxidation sites excluding steroid dienone is 7. The maximum atomic E-state index is 14.6. The summed E-state index contributed by atoms with van der Waals surface area (Å²) < 4.78 is 29.3. The first-order valence-corrected chi connectivity index (χ1v) is 17.2. The molecule has 1 saturated carbocycles. The second-order valence-corrected chi connectivity index (χ2v) is 13.2. The molecule has 248 valence electrons. The van der Waals surface area contributed by atoms with E-state index in [4.69, 9.17) is 11.6 Å². The van der Waals surface area contributed by atoms with Gasteiger partial charge in [0.05, 0.1) is 0 Å². The van der Waals surface area contributed by atoms with E-state index in [1.54, 1.807) is 24.3 Å². The van der Waals surface area contributed by atoms with Crippen LogP contribution in [0.2, 0.25) is 5.02 Å². The van der Waals surface area contributed by atoms with Gasteiger partial charge in [-0.1, -0.05) is 72.3 Å². The molecule has 0 aromatic heterocycles. The summed E-state index contributed by atoms with van der Waals surface area (Å²) in [6, 6.07) is 12.9. The van der Waals surface area contributed by atoms with Crippen molar-refractivity contribution in [2.45, 2.75) is 57.5 Å². The monoisotopic (exact) mass is 660 g/mol. The molecule has 2 aromatic rings. The maximum Gasteiger partial charge on any atom is 0.257 e. The van der Waals surface area contributed by atoms with Crippen molar-refractivity contribution < 1.29 is 18.4 Å². The molecule has 2 unspecified atom stereocenters. The smallest absolute Gasteiger partial charge is 0.257 e. The minimum Gasteiger partial charge on any atom is -0.369 e. The molecule has 1 saturated heterocycles. The van der Waals surface area contributed by atoms with Gasteiger partial charge in [-0.3, -0.25) is 14.5 Å². The standard InChI is InChI=1S/C38H43ClF2N4O2/c1-2-42-37(47)35(27-8-4-3-5-9-27)45-22-20-44(21-23-45)31-19-14-28(34(39)24-31)25-43-36(46)33-11-7-6-10-32(33)26-12-15-29(16-13-26)38(40,41)30-17-18-30/h3-4,6-8,10-15,19,24,29-30,35H,2,5,9,16-18,20-23,25H2,1H3,(H,42,47)(H,43,46). The van der Waals surface area contributed by atoms with Crippen molar-refractivity contribution in [3.8, 4) is 0 Å². The number of alkyl halides is 2. The Bertz CT molecular complexity index is 1600. The van der Waals surface area contributed by atoms with E-state index in [9.17, 15) is 18.4 Å². The lowest BCUT2D eigenvalue weighted by molar-refractivity contribution is -0.125. The maximum absolute atomic E-state index is 14.6. The van der Waals surface area contributed by atoms with Crippen LogP contribution in [0.5, 0.6) is 0 Å². The molecule has 2 atom stereocenters. The van der Waals surface area contributed by atoms with Crippen LogP contribution >= 0.6 is 11.6 Å². The molecular weight excluding hydrogens is 618 g/mol. The van der Waals surface area contributed by atoms with E-state index >= 15 is 0 Å². The van der Waals surface area contributed by atoms with Crippen LogP contribution in [0, 0.1) is 11.8 Å². The normalized spacial score (nSPS) is 20.8. The predicted molar refractivity (Wildman–Crippen MR) is 185 cm³/mol. The lowest BCUT2D eigenvalue weighted by Gasteiger charge is -2.40. The van der Waals surface area contributed by atoms with E-state index in [1.165, 1.54) is 0 Å². The third kappa shape index (κ3) is 7.54. The van der Waals surface area contributed by atoms with Crippen molar-refractivity contribution in [3.05, 3.63) is 106 Å². The molecule has 0 bridgehead atoms. The minimum atomic E-state index is -2.68. The van der Waals surface area contributed by atoms with Gasteiger partial charge in [0.1, 0.15) is 6.04 Å². The third-order valence-corrected chi connectivity index (χ3v) is 10.1. The molecule has 2 N–H and O–H groups in total. The molecule has 6 nitrogen and oxygen atoms in total. The lowest BCUT2D eigenvalue weighted by atomic mass is 9.86. The number of nitrogens with zero attached hydrogens (tertiary/aromatic N) is 2. The molecule has 1 aliphatic heterocycles. The highest BCUT2D eigenvalue weighted by Gasteiger charge is 2.51. The van der Waals surface area contributed by atoms with E-state index in [2.05, 4.69) is 32.6 Å². The molecule has 0 spiro atoms. The first kappa shape index (κ1) is 33.2. The summed E-state index contributed by atoms with van der Waals surface area (Å²) in [5.74, 6) is -4.17. The first-order chi connectivity index (χ1) is 22.8. The fraction of sp³-hybridized carbons (Fsp3) is 0.421. The number of hydrogen-bond acceptors (Lipinski definition) is 4. The average Bonchev–Trinajstić information content (AvgIpc) is 3.96. The van der Waals surface area contributed by atoms with Crippen molar-refractivity contribution in [1.82, 2.24) is 15.5 Å². The summed E-state index contributed by atoms with van der Waals surface area (Å²) in [5.41, 5.74) is 4.97. The molecule has 9 heteroatoms. The van der Waals surface area contributed by atoms with Crippen LogP contribution in [0.15, 0.2) is 84.5 Å². The number of carbonyl (C=O) groups is 2. The lowest BCUT2D eigenvalue weighted by Crippen LogP contribution is -2.55. The largest absolute Gasteiger partial charge is 0.369 e. The van der Waals surface area contributed by atoms with Crippen LogP contribution in [0.1, 0.15) is 60.5 Å². The number of benzene rings is 2. The Labute approximate surface area is 281 Å². The summed E-state index contributed by atoms with van der Waals surface area (Å²) in [6.07, 6.45) is 14.7. The van der Waals surface area contributed by atoms with Gasteiger partial charge in [-0.25, -0.2) is 8.78 Å². The molecular formula is C38H43ClF2N4O2. The highest BCUT2D eigenvalue weighted by Crippen LogP contribution is 2.50. The molecule has 2 aromatic carbocycles. The average molecular weight is 661 g/mol. The van der Waals surface area contributed by atoms with Crippen molar-refractivity contribution in [2.75, 3.05) is 37.6 Å². The molecule has 3 aliphatic carbocycles. The van der Waals surface area contributed by atoms with Crippen molar-refractivity contribution in [2.24, 2.45) is 11.8 Å². The van der Waals surface area contributed by atoms with Gasteiger partial charge in [-0.2, -0.15) is 0 Å². The van der Waals surface area contributed by atoms with E-state index < -0.39 is 17.8 Å². The summed E-state index contributed by atoms with van der Waals surface area (Å²) in [4.78, 5) is 30.9. The van der Waals surface area contributed by atoms with Gasteiger partial charge in [0.15, 0.2) is 0 Å². The molecule has 47 heavy (non-hydrogen) atoms. The van der Waals surface area contributed by atoms with E-state index in [0.717, 1.165) is 67.0 Å². The topological polar surface area (TPSA) is 64.7 Å². The van der Waals surface area contributed by atoms with Crippen LogP contribution in [-0.2, 0) is 11.3 Å². The number of likely N-dealkylation sites (N-methyl/N-ethyl adjacent to an activating group) is 1. The van der Waals surface area contributed by atoms with Crippen molar-refractivity contribution in [3.63, 3.8) is 0 Å². The molecule has 6 rings (SSSR count). The Morgan fingerprint density at radius 3 is 2.51 bits per heavy atom. The predicted octanol–water partition coefficient (Wildman–Crippen LogP) is 7.18. The number of halogens is 3. The van der Waals surface area contributed by atoms with E-state index in [-0.39, 0.29) is 30.8 Å². The summed E-state index contributed by atoms with van der Waals surface area (Å²) in [6.45, 7) is 5.86. The SMILES string of the molecule is CCNC(=O)C(C1=CC=CCC1)N1CCN(c2ccc(CNC(=O)c3ccccc3C3=CCC(C(F)(F)C4CC4)C=C3)c(Cl)c2)CC1. The third-order valence-electron chi connectivity index (χ3n) is 9.72. The van der Waals surface area contributed by atoms with Crippen LogP contribution < -0.4 is 15.5 Å². The molecule has 2 fully saturated rings. The van der Waals surface area contributed by atoms with Gasteiger partial charge in [0.2, 0.25) is 5.91 Å². The van der Waals surface area contributed by atoms with Crippen LogP contribution in [0.25, 0.3) is 5.57 Å². The zero-order chi connectivity index (χ0) is 33.0. The first-order valence-electron chi connectivity index (χ1n) is 16.8. The van der Waals surface area contributed by atoms with Crippen molar-refractivity contribution >= 4 is 34.7 Å². The highest BCUT2D eigenvalue weighted by atomic mass is 35.5. The molecule has 4 aliphatic rings. The number of amides is 2. The summed E-state index contributed by atoms with van der Waals surface area (Å²) in [5, 5.41) is 6.59. The summed E-state index contributed by atoms with van der Waals surface area (Å²) >= 11 is 6.73. The van der Waals surface area contributed by atoms with Gasteiger partial charge >= 0.3 is 0 Å². The summed E-state index contributed by atoms with van der Waals surface area (Å²) in [7, 11) is 0. The Kier molecular flexibility index (Phi) is 10.3. The number of rotatable bonds is 11. The molecule has 1 heterocycles. The Morgan fingerprint density at radius 1 is 1.06 bits per heavy atom. The van der Waals surface area contributed by atoms with Crippen LogP contribution in [0.3, 0.4) is 0 Å². The number of hydrogen-bond donors (Lipinski definition) is 2. The number of anilines is 1. The quantitative estimate of drug-likeness (QED) is 0.268. The molecule has 2 amide bonds. The van der Waals surface area contributed by atoms with Gasteiger partial charge < -0.3 is 15.5 Å². The van der Waals surface area contributed by atoms with E-state index in [1.807, 2.05) is 49.4 Å². The Balaban J connectivity index is 1.06. The van der Waals surface area contributed by atoms with Gasteiger partial charge in [-0.05, 0) is 79.5 Å². The van der Waals surface area contributed by atoms with Crippen LogP contribution in [-0.4, -0.2) is 61.4 Å². The van der Waals surface area contributed by atoms with Crippen LogP contribution in [0.4, 0.5) is 14.5 Å². The second-order valence-electron chi connectivity index (χ2n) is 12.8. The fourth-order valence-corrected chi connectivity index (χ4v) is 7.12. The van der Waals surface area contributed by atoms with Gasteiger partial charge in [0, 0.05) is 67.4 Å². The number of nitrogens with one attached hydrogen (secondary N) is 2. The molecule has 0 radical (unpaired) electrons. The van der Waals surface area contributed by atoms with Gasteiger partial charge in [0.25, 0.3) is 11.8 Å². The zero-order valence-corrected chi connectivity index (χ0v) is 27.6. The second kappa shape index (κ2) is 14.6. The van der Waals surface area contributed by atoms with Gasteiger partial charge in [-0.15, -0.1) is 0 Å². The Hall–Kier alpha value is -3.75. The number of piperazine rings is 1. The minimum absolute atomic E-state index is 0.0636. The van der Waals surface area contributed by atoms with E-state index in [0.29, 0.717) is 30.0 Å². The zero-order valence-electron chi connectivity index (χ0n) is 26.9.